The Morgan fingerprint density at radius 3 is 2.69 bits per heavy atom. The van der Waals surface area contributed by atoms with Gasteiger partial charge in [0.1, 0.15) is 18.1 Å². The van der Waals surface area contributed by atoms with Gasteiger partial charge in [0.05, 0.1) is 13.3 Å². The molecule has 150 valence electrons. The molecule has 0 aliphatic rings. The first-order valence-electron chi connectivity index (χ1n) is 9.33. The minimum Gasteiger partial charge on any atom is -0.496 e. The number of hydrogen-bond acceptors (Lipinski definition) is 4. The summed E-state index contributed by atoms with van der Waals surface area (Å²) in [6.07, 6.45) is 6.89. The van der Waals surface area contributed by atoms with Gasteiger partial charge in [-0.25, -0.2) is 0 Å². The lowest BCUT2D eigenvalue weighted by molar-refractivity contribution is -0.116. The number of carbonyl (C=O) groups is 1. The highest BCUT2D eigenvalue weighted by molar-refractivity contribution is 5.91. The van der Waals surface area contributed by atoms with Crippen molar-refractivity contribution in [3.63, 3.8) is 0 Å². The number of methoxy groups -OCH3 is 1. The molecule has 0 spiro atoms. The zero-order valence-electron chi connectivity index (χ0n) is 16.9. The normalized spacial score (nSPS) is 10.9. The Morgan fingerprint density at radius 2 is 2.00 bits per heavy atom. The molecule has 0 radical (unpaired) electrons. The Labute approximate surface area is 170 Å². The number of benzene rings is 2. The second-order valence-electron chi connectivity index (χ2n) is 6.75. The SMILES string of the molecule is COc1ccc(/C=C/C(=O)NCc2cnn(C)c2)cc1COc1ccc(C)cc1. The van der Waals surface area contributed by atoms with Gasteiger partial charge >= 0.3 is 0 Å². The summed E-state index contributed by atoms with van der Waals surface area (Å²) in [4.78, 5) is 12.1. The van der Waals surface area contributed by atoms with E-state index in [4.69, 9.17) is 9.47 Å². The fourth-order valence-electron chi connectivity index (χ4n) is 2.79. The summed E-state index contributed by atoms with van der Waals surface area (Å²) in [6.45, 7) is 2.85. The monoisotopic (exact) mass is 391 g/mol. The standard InChI is InChI=1S/C23H25N3O3/c1-17-4-8-21(9-5-17)29-16-20-12-18(6-10-22(20)28-3)7-11-23(27)24-13-19-14-25-26(2)15-19/h4-12,14-15H,13,16H2,1-3H3,(H,24,27)/b11-7+. The van der Waals surface area contributed by atoms with Crippen molar-refractivity contribution in [1.29, 1.82) is 0 Å². The molecule has 1 heterocycles. The number of carbonyl (C=O) groups excluding carboxylic acids is 1. The van der Waals surface area contributed by atoms with Crippen molar-refractivity contribution in [1.82, 2.24) is 15.1 Å². The Balaban J connectivity index is 1.61. The molecule has 1 aromatic heterocycles. The highest BCUT2D eigenvalue weighted by Crippen LogP contribution is 2.23. The highest BCUT2D eigenvalue weighted by Gasteiger charge is 2.06. The van der Waals surface area contributed by atoms with E-state index in [0.717, 1.165) is 28.2 Å². The molecule has 6 nitrogen and oxygen atoms in total. The highest BCUT2D eigenvalue weighted by atomic mass is 16.5. The van der Waals surface area contributed by atoms with Gasteiger partial charge in [0.15, 0.2) is 0 Å². The topological polar surface area (TPSA) is 65.4 Å². The molecule has 3 rings (SSSR count). The van der Waals surface area contributed by atoms with Gasteiger partial charge in [-0.1, -0.05) is 23.8 Å². The third-order valence-electron chi connectivity index (χ3n) is 4.37. The zero-order valence-corrected chi connectivity index (χ0v) is 16.9. The molecule has 0 saturated heterocycles. The summed E-state index contributed by atoms with van der Waals surface area (Å²) in [6, 6.07) is 13.6. The molecule has 0 bridgehead atoms. The van der Waals surface area contributed by atoms with Crippen molar-refractivity contribution in [3.05, 3.63) is 83.2 Å². The van der Waals surface area contributed by atoms with Crippen LogP contribution >= 0.6 is 0 Å². The minimum atomic E-state index is -0.165. The molecular formula is C23H25N3O3. The number of hydrogen-bond donors (Lipinski definition) is 1. The maximum atomic E-state index is 12.1. The average molecular weight is 391 g/mol. The van der Waals surface area contributed by atoms with E-state index >= 15 is 0 Å². The number of amides is 1. The van der Waals surface area contributed by atoms with Crippen molar-refractivity contribution in [3.8, 4) is 11.5 Å². The number of nitrogens with zero attached hydrogens (tertiary/aromatic N) is 2. The second-order valence-corrected chi connectivity index (χ2v) is 6.75. The summed E-state index contributed by atoms with van der Waals surface area (Å²) in [5.41, 5.74) is 3.94. The smallest absolute Gasteiger partial charge is 0.244 e. The van der Waals surface area contributed by atoms with Gasteiger partial charge in [0, 0.05) is 37.0 Å². The van der Waals surface area contributed by atoms with E-state index in [9.17, 15) is 4.79 Å². The van der Waals surface area contributed by atoms with E-state index in [-0.39, 0.29) is 5.91 Å². The Morgan fingerprint density at radius 1 is 1.21 bits per heavy atom. The van der Waals surface area contributed by atoms with Crippen molar-refractivity contribution >= 4 is 12.0 Å². The zero-order chi connectivity index (χ0) is 20.6. The molecule has 0 saturated carbocycles. The van der Waals surface area contributed by atoms with E-state index in [1.165, 1.54) is 11.6 Å². The largest absolute Gasteiger partial charge is 0.496 e. The first-order chi connectivity index (χ1) is 14.0. The van der Waals surface area contributed by atoms with Crippen LogP contribution in [0.15, 0.2) is 60.9 Å². The lowest BCUT2D eigenvalue weighted by Gasteiger charge is -2.11. The van der Waals surface area contributed by atoms with Crippen molar-refractivity contribution < 1.29 is 14.3 Å². The van der Waals surface area contributed by atoms with Gasteiger partial charge in [0.2, 0.25) is 5.91 Å². The maximum absolute atomic E-state index is 12.1. The van der Waals surface area contributed by atoms with Gasteiger partial charge in [-0.3, -0.25) is 9.48 Å². The molecule has 1 N–H and O–H groups in total. The first kappa shape index (κ1) is 20.2. The molecule has 0 fully saturated rings. The Bertz CT molecular complexity index is 991. The van der Waals surface area contributed by atoms with Crippen LogP contribution in [0.2, 0.25) is 0 Å². The number of ether oxygens (including phenoxy) is 2. The molecule has 1 amide bonds. The summed E-state index contributed by atoms with van der Waals surface area (Å²) < 4.78 is 13.0. The Kier molecular flexibility index (Phi) is 6.68. The molecule has 0 unspecified atom stereocenters. The van der Waals surface area contributed by atoms with Gasteiger partial charge in [-0.2, -0.15) is 5.10 Å². The van der Waals surface area contributed by atoms with Gasteiger partial charge < -0.3 is 14.8 Å². The summed E-state index contributed by atoms with van der Waals surface area (Å²) in [5.74, 6) is 1.38. The molecule has 6 heteroatoms. The van der Waals surface area contributed by atoms with Crippen LogP contribution in [-0.2, 0) is 25.0 Å². The van der Waals surface area contributed by atoms with Gasteiger partial charge in [-0.05, 0) is 42.8 Å². The molecule has 0 atom stereocenters. The molecule has 2 aromatic carbocycles. The lowest BCUT2D eigenvalue weighted by Crippen LogP contribution is -2.19. The third-order valence-corrected chi connectivity index (χ3v) is 4.37. The second kappa shape index (κ2) is 9.59. The fraction of sp³-hybridized carbons (Fsp3) is 0.217. The van der Waals surface area contributed by atoms with Crippen LogP contribution in [0.4, 0.5) is 0 Å². The molecule has 0 aliphatic heterocycles. The average Bonchev–Trinajstić information content (AvgIpc) is 3.15. The van der Waals surface area contributed by atoms with Crippen LogP contribution in [0.5, 0.6) is 11.5 Å². The van der Waals surface area contributed by atoms with Crippen LogP contribution in [0.25, 0.3) is 6.08 Å². The molecular weight excluding hydrogens is 366 g/mol. The quantitative estimate of drug-likeness (QED) is 0.596. The summed E-state index contributed by atoms with van der Waals surface area (Å²) >= 11 is 0. The molecule has 0 aliphatic carbocycles. The van der Waals surface area contributed by atoms with E-state index in [2.05, 4.69) is 10.4 Å². The summed E-state index contributed by atoms with van der Waals surface area (Å²) in [5, 5.41) is 6.92. The van der Waals surface area contributed by atoms with E-state index < -0.39 is 0 Å². The number of nitrogens with one attached hydrogen (secondary N) is 1. The first-order valence-corrected chi connectivity index (χ1v) is 9.33. The lowest BCUT2D eigenvalue weighted by atomic mass is 10.1. The minimum absolute atomic E-state index is 0.165. The molecule has 3 aromatic rings. The van der Waals surface area contributed by atoms with Gasteiger partial charge in [0.25, 0.3) is 0 Å². The third kappa shape index (κ3) is 5.97. The van der Waals surface area contributed by atoms with Crippen LogP contribution in [0.1, 0.15) is 22.3 Å². The summed E-state index contributed by atoms with van der Waals surface area (Å²) in [7, 11) is 3.47. The van der Waals surface area contributed by atoms with Crippen molar-refractivity contribution in [2.75, 3.05) is 7.11 Å². The Hall–Kier alpha value is -3.54. The van der Waals surface area contributed by atoms with Gasteiger partial charge in [-0.15, -0.1) is 0 Å². The van der Waals surface area contributed by atoms with Crippen molar-refractivity contribution in [2.24, 2.45) is 7.05 Å². The maximum Gasteiger partial charge on any atom is 0.244 e. The van der Waals surface area contributed by atoms with E-state index in [0.29, 0.717) is 13.2 Å². The van der Waals surface area contributed by atoms with Crippen LogP contribution in [0.3, 0.4) is 0 Å². The number of aryl methyl sites for hydroxylation is 2. The van der Waals surface area contributed by atoms with Crippen LogP contribution < -0.4 is 14.8 Å². The predicted octanol–water partition coefficient (Wildman–Crippen LogP) is 3.65. The van der Waals surface area contributed by atoms with E-state index in [1.807, 2.05) is 62.6 Å². The fourth-order valence-corrected chi connectivity index (χ4v) is 2.79. The number of rotatable bonds is 8. The number of aromatic nitrogens is 2. The van der Waals surface area contributed by atoms with Crippen molar-refractivity contribution in [2.45, 2.75) is 20.1 Å². The molecule has 29 heavy (non-hydrogen) atoms. The van der Waals surface area contributed by atoms with E-state index in [1.54, 1.807) is 24.1 Å². The van der Waals surface area contributed by atoms with Crippen LogP contribution in [0, 0.1) is 6.92 Å². The van der Waals surface area contributed by atoms with Crippen LogP contribution in [-0.4, -0.2) is 22.8 Å². The predicted molar refractivity (Wildman–Crippen MR) is 113 cm³/mol.